The molecule has 0 fully saturated rings. The van der Waals surface area contributed by atoms with Gasteiger partial charge in [-0.05, 0) is 12.1 Å². The van der Waals surface area contributed by atoms with Crippen LogP contribution in [0.4, 0.5) is 0 Å². The largest absolute Gasteiger partial charge is 0.0837 e. The molecule has 0 atom stereocenters. The molecule has 76 valence electrons. The molecule has 0 spiro atoms. The van der Waals surface area contributed by atoms with Crippen LogP contribution in [0.3, 0.4) is 0 Å². The first-order valence-electron chi connectivity index (χ1n) is 4.39. The number of rotatable bonds is 1. The second kappa shape index (κ2) is 4.44. The summed E-state index contributed by atoms with van der Waals surface area (Å²) in [6, 6.07) is 13.0. The molecule has 3 heteroatoms. The minimum Gasteiger partial charge on any atom is -0.0837 e. The van der Waals surface area contributed by atoms with Gasteiger partial charge in [0.25, 0.3) is 0 Å². The second-order valence-electron chi connectivity index (χ2n) is 3.08. The van der Waals surface area contributed by atoms with Crippen LogP contribution in [0.15, 0.2) is 42.5 Å². The lowest BCUT2D eigenvalue weighted by Gasteiger charge is -2.07. The van der Waals surface area contributed by atoms with Gasteiger partial charge in [-0.3, -0.25) is 0 Å². The van der Waals surface area contributed by atoms with Gasteiger partial charge < -0.3 is 0 Å². The van der Waals surface area contributed by atoms with Crippen LogP contribution in [-0.4, -0.2) is 0 Å². The van der Waals surface area contributed by atoms with Crippen molar-refractivity contribution in [3.63, 3.8) is 0 Å². The lowest BCUT2D eigenvalue weighted by molar-refractivity contribution is 1.61. The van der Waals surface area contributed by atoms with Crippen LogP contribution < -0.4 is 0 Å². The van der Waals surface area contributed by atoms with Crippen molar-refractivity contribution in [1.29, 1.82) is 0 Å². The minimum atomic E-state index is 0.535. The Labute approximate surface area is 103 Å². The molecule has 0 N–H and O–H groups in total. The maximum atomic E-state index is 6.11. The molecule has 0 aromatic heterocycles. The average Bonchev–Trinajstić information content (AvgIpc) is 2.23. The van der Waals surface area contributed by atoms with Crippen molar-refractivity contribution in [2.24, 2.45) is 0 Å². The van der Waals surface area contributed by atoms with Crippen LogP contribution in [0.25, 0.3) is 11.1 Å². The van der Waals surface area contributed by atoms with E-state index in [0.29, 0.717) is 15.1 Å². The molecule has 0 amide bonds. The summed E-state index contributed by atoms with van der Waals surface area (Å²) < 4.78 is 0. The predicted molar refractivity (Wildman–Crippen MR) is 66.9 cm³/mol. The van der Waals surface area contributed by atoms with Gasteiger partial charge in [-0.1, -0.05) is 65.1 Å². The molecular weight excluding hydrogens is 250 g/mol. The highest BCUT2D eigenvalue weighted by Gasteiger charge is 2.08. The van der Waals surface area contributed by atoms with E-state index < -0.39 is 0 Å². The van der Waals surface area contributed by atoms with Crippen molar-refractivity contribution in [3.8, 4) is 11.1 Å². The van der Waals surface area contributed by atoms with E-state index >= 15 is 0 Å². The van der Waals surface area contributed by atoms with Gasteiger partial charge in [-0.2, -0.15) is 0 Å². The van der Waals surface area contributed by atoms with Gasteiger partial charge in [0, 0.05) is 16.1 Å². The zero-order valence-corrected chi connectivity index (χ0v) is 9.94. The van der Waals surface area contributed by atoms with Gasteiger partial charge >= 0.3 is 0 Å². The molecule has 0 heterocycles. The zero-order valence-electron chi connectivity index (χ0n) is 7.68. The third-order valence-corrected chi connectivity index (χ3v) is 3.26. The van der Waals surface area contributed by atoms with Crippen molar-refractivity contribution < 1.29 is 0 Å². The summed E-state index contributed by atoms with van der Waals surface area (Å²) in [7, 11) is 0. The first-order valence-corrected chi connectivity index (χ1v) is 5.52. The van der Waals surface area contributed by atoms with Crippen LogP contribution in [0.1, 0.15) is 0 Å². The van der Waals surface area contributed by atoms with Crippen LogP contribution in [-0.2, 0) is 0 Å². The van der Waals surface area contributed by atoms with E-state index in [2.05, 4.69) is 0 Å². The van der Waals surface area contributed by atoms with Gasteiger partial charge in [-0.15, -0.1) is 0 Å². The minimum absolute atomic E-state index is 0.535. The number of hydrogen-bond donors (Lipinski definition) is 0. The van der Waals surface area contributed by atoms with Crippen LogP contribution in [0, 0.1) is 0 Å². The third-order valence-electron chi connectivity index (χ3n) is 2.12. The molecule has 0 bridgehead atoms. The Kier molecular flexibility index (Phi) is 3.20. The van der Waals surface area contributed by atoms with E-state index in [9.17, 15) is 0 Å². The number of halogens is 3. The Morgan fingerprint density at radius 3 is 1.93 bits per heavy atom. The number of hydrogen-bond acceptors (Lipinski definition) is 0. The molecule has 0 nitrogen and oxygen atoms in total. The standard InChI is InChI=1S/C12H7Cl3/c13-10-6-2-1-4-8(10)9-5-3-7-11(14)12(9)15/h1-7H. The smallest absolute Gasteiger partial charge is 0.0671 e. The van der Waals surface area contributed by atoms with E-state index in [0.717, 1.165) is 11.1 Å². The second-order valence-corrected chi connectivity index (χ2v) is 4.27. The summed E-state index contributed by atoms with van der Waals surface area (Å²) in [5, 5.41) is 1.74. The molecule has 0 saturated heterocycles. The van der Waals surface area contributed by atoms with E-state index in [1.807, 2.05) is 36.4 Å². The quantitative estimate of drug-likeness (QED) is 0.649. The molecule has 2 aromatic carbocycles. The lowest BCUT2D eigenvalue weighted by Crippen LogP contribution is -1.81. The van der Waals surface area contributed by atoms with Crippen molar-refractivity contribution >= 4 is 34.8 Å². The fraction of sp³-hybridized carbons (Fsp3) is 0. The molecular formula is C12H7Cl3. The van der Waals surface area contributed by atoms with Gasteiger partial charge in [0.1, 0.15) is 0 Å². The summed E-state index contributed by atoms with van der Waals surface area (Å²) in [5.41, 5.74) is 1.75. The molecule has 0 saturated carbocycles. The Hall–Kier alpha value is -0.690. The zero-order chi connectivity index (χ0) is 10.8. The van der Waals surface area contributed by atoms with E-state index in [-0.39, 0.29) is 0 Å². The van der Waals surface area contributed by atoms with Gasteiger partial charge in [0.05, 0.1) is 10.0 Å². The van der Waals surface area contributed by atoms with Crippen molar-refractivity contribution in [1.82, 2.24) is 0 Å². The topological polar surface area (TPSA) is 0 Å². The summed E-state index contributed by atoms with van der Waals surface area (Å²) in [4.78, 5) is 0. The normalized spacial score (nSPS) is 10.3. The summed E-state index contributed by atoms with van der Waals surface area (Å²) in [5.74, 6) is 0. The van der Waals surface area contributed by atoms with Crippen LogP contribution >= 0.6 is 34.8 Å². The van der Waals surface area contributed by atoms with Crippen molar-refractivity contribution in [2.45, 2.75) is 0 Å². The number of benzene rings is 2. The molecule has 0 unspecified atom stereocenters. The van der Waals surface area contributed by atoms with E-state index in [1.165, 1.54) is 0 Å². The average molecular weight is 258 g/mol. The maximum Gasteiger partial charge on any atom is 0.0671 e. The first-order chi connectivity index (χ1) is 7.20. The van der Waals surface area contributed by atoms with E-state index in [1.54, 1.807) is 6.07 Å². The van der Waals surface area contributed by atoms with Gasteiger partial charge in [-0.25, -0.2) is 0 Å². The Balaban J connectivity index is 2.65. The van der Waals surface area contributed by atoms with Crippen LogP contribution in [0.2, 0.25) is 15.1 Å². The lowest BCUT2D eigenvalue weighted by atomic mass is 10.1. The highest BCUT2D eigenvalue weighted by molar-refractivity contribution is 6.44. The van der Waals surface area contributed by atoms with Gasteiger partial charge in [0.2, 0.25) is 0 Å². The molecule has 2 aromatic rings. The monoisotopic (exact) mass is 256 g/mol. The van der Waals surface area contributed by atoms with Crippen LogP contribution in [0.5, 0.6) is 0 Å². The summed E-state index contributed by atoms with van der Waals surface area (Å²) >= 11 is 18.1. The summed E-state index contributed by atoms with van der Waals surface area (Å²) in [6.07, 6.45) is 0. The Morgan fingerprint density at radius 1 is 0.600 bits per heavy atom. The van der Waals surface area contributed by atoms with E-state index in [4.69, 9.17) is 34.8 Å². The molecule has 0 aliphatic heterocycles. The van der Waals surface area contributed by atoms with Crippen molar-refractivity contribution in [3.05, 3.63) is 57.5 Å². The maximum absolute atomic E-state index is 6.11. The first kappa shape index (κ1) is 10.8. The molecule has 0 aliphatic rings. The predicted octanol–water partition coefficient (Wildman–Crippen LogP) is 5.31. The third kappa shape index (κ3) is 2.12. The molecule has 2 rings (SSSR count). The molecule has 0 radical (unpaired) electrons. The highest BCUT2D eigenvalue weighted by Crippen LogP contribution is 2.36. The Bertz CT molecular complexity index is 492. The molecule has 15 heavy (non-hydrogen) atoms. The fourth-order valence-electron chi connectivity index (χ4n) is 1.39. The van der Waals surface area contributed by atoms with Crippen molar-refractivity contribution in [2.75, 3.05) is 0 Å². The summed E-state index contributed by atoms with van der Waals surface area (Å²) in [6.45, 7) is 0. The van der Waals surface area contributed by atoms with Gasteiger partial charge in [0.15, 0.2) is 0 Å². The Morgan fingerprint density at radius 2 is 1.20 bits per heavy atom. The highest BCUT2D eigenvalue weighted by atomic mass is 35.5. The SMILES string of the molecule is Clc1ccccc1-c1cccc(Cl)c1Cl. The molecule has 0 aliphatic carbocycles. The fourth-order valence-corrected chi connectivity index (χ4v) is 2.03.